The largest absolute Gasteiger partial charge is 0.473 e. The van der Waals surface area contributed by atoms with E-state index in [-0.39, 0.29) is 6.10 Å². The smallest absolute Gasteiger partial charge is 0.254 e. The average Bonchev–Trinajstić information content (AvgIpc) is 2.39. The Morgan fingerprint density at radius 3 is 2.33 bits per heavy atom. The van der Waals surface area contributed by atoms with E-state index < -0.39 is 0 Å². The summed E-state index contributed by atoms with van der Waals surface area (Å²) in [5.41, 5.74) is 0. The Balaban J connectivity index is 0.000000561. The van der Waals surface area contributed by atoms with Crippen LogP contribution in [0, 0.1) is 6.92 Å². The van der Waals surface area contributed by atoms with Crippen molar-refractivity contribution in [2.75, 3.05) is 0 Å². The van der Waals surface area contributed by atoms with Crippen molar-refractivity contribution in [3.8, 4) is 5.88 Å². The van der Waals surface area contributed by atoms with Gasteiger partial charge in [-0.2, -0.15) is 0 Å². The van der Waals surface area contributed by atoms with Gasteiger partial charge in [0.25, 0.3) is 5.88 Å². The third kappa shape index (κ3) is 4.01. The summed E-state index contributed by atoms with van der Waals surface area (Å²) in [6.07, 6.45) is 0.157. The third-order valence-corrected chi connectivity index (χ3v) is 0.963. The zero-order valence-corrected chi connectivity index (χ0v) is 8.42. The average molecular weight is 171 g/mol. The maximum Gasteiger partial charge on any atom is 0.254 e. The van der Waals surface area contributed by atoms with Crippen molar-refractivity contribution >= 4 is 0 Å². The van der Waals surface area contributed by atoms with E-state index in [0.717, 1.165) is 5.76 Å². The Kier molecular flexibility index (Phi) is 5.17. The highest BCUT2D eigenvalue weighted by Gasteiger charge is 2.01. The quantitative estimate of drug-likeness (QED) is 0.686. The number of ether oxygens (including phenoxy) is 1. The first-order valence-corrected chi connectivity index (χ1v) is 4.28. The molecule has 0 radical (unpaired) electrons. The zero-order valence-electron chi connectivity index (χ0n) is 8.42. The summed E-state index contributed by atoms with van der Waals surface area (Å²) in [5, 5.41) is 3.66. The summed E-state index contributed by atoms with van der Waals surface area (Å²) < 4.78 is 10.0. The van der Waals surface area contributed by atoms with Crippen LogP contribution in [-0.4, -0.2) is 11.3 Å². The molecule has 12 heavy (non-hydrogen) atoms. The summed E-state index contributed by atoms with van der Waals surface area (Å²) in [7, 11) is 0. The van der Waals surface area contributed by atoms with Gasteiger partial charge < -0.3 is 9.26 Å². The number of nitrogens with zero attached hydrogens (tertiary/aromatic N) is 1. The van der Waals surface area contributed by atoms with Gasteiger partial charge in [-0.1, -0.05) is 13.8 Å². The number of aromatic nitrogens is 1. The molecule has 0 aliphatic carbocycles. The van der Waals surface area contributed by atoms with E-state index in [2.05, 4.69) is 5.16 Å². The van der Waals surface area contributed by atoms with E-state index in [4.69, 9.17) is 9.26 Å². The molecule has 0 spiro atoms. The molecule has 70 valence electrons. The minimum absolute atomic E-state index is 0.157. The van der Waals surface area contributed by atoms with Crippen LogP contribution in [0.2, 0.25) is 0 Å². The third-order valence-electron chi connectivity index (χ3n) is 0.963. The molecule has 3 nitrogen and oxygen atoms in total. The fourth-order valence-corrected chi connectivity index (χ4v) is 0.641. The molecule has 0 atom stereocenters. The van der Waals surface area contributed by atoms with Crippen LogP contribution in [0.15, 0.2) is 10.6 Å². The molecule has 1 aromatic heterocycles. The Hall–Kier alpha value is -0.990. The fourth-order valence-electron chi connectivity index (χ4n) is 0.641. The number of hydrogen-bond acceptors (Lipinski definition) is 3. The van der Waals surface area contributed by atoms with Crippen molar-refractivity contribution in [2.24, 2.45) is 0 Å². The maximum absolute atomic E-state index is 5.23. The van der Waals surface area contributed by atoms with Gasteiger partial charge in [-0.3, -0.25) is 0 Å². The van der Waals surface area contributed by atoms with Gasteiger partial charge in [-0.25, -0.2) is 0 Å². The molecule has 0 bridgehead atoms. The van der Waals surface area contributed by atoms with Gasteiger partial charge in [0.15, 0.2) is 0 Å². The van der Waals surface area contributed by atoms with Crippen LogP contribution < -0.4 is 4.74 Å². The molecule has 1 heterocycles. The fraction of sp³-hybridized carbons (Fsp3) is 0.667. The van der Waals surface area contributed by atoms with Gasteiger partial charge in [0, 0.05) is 6.07 Å². The molecular weight excluding hydrogens is 154 g/mol. The maximum atomic E-state index is 5.23. The minimum Gasteiger partial charge on any atom is -0.473 e. The molecule has 0 saturated heterocycles. The SMILES string of the molecule is CC.Cc1cc(OC(C)C)no1. The van der Waals surface area contributed by atoms with Crippen LogP contribution in [0.25, 0.3) is 0 Å². The van der Waals surface area contributed by atoms with E-state index >= 15 is 0 Å². The Morgan fingerprint density at radius 2 is 2.00 bits per heavy atom. The molecule has 0 saturated carbocycles. The first-order chi connectivity index (χ1) is 5.68. The highest BCUT2D eigenvalue weighted by Crippen LogP contribution is 2.10. The Labute approximate surface area is 73.7 Å². The lowest BCUT2D eigenvalue weighted by molar-refractivity contribution is 0.217. The van der Waals surface area contributed by atoms with Crippen molar-refractivity contribution in [1.82, 2.24) is 5.16 Å². The second-order valence-electron chi connectivity index (χ2n) is 2.44. The van der Waals surface area contributed by atoms with Crippen LogP contribution >= 0.6 is 0 Å². The van der Waals surface area contributed by atoms with Crippen LogP contribution in [0.1, 0.15) is 33.5 Å². The lowest BCUT2D eigenvalue weighted by Crippen LogP contribution is -2.05. The molecular formula is C9H17NO2. The van der Waals surface area contributed by atoms with Crippen LogP contribution in [0.4, 0.5) is 0 Å². The van der Waals surface area contributed by atoms with Crippen molar-refractivity contribution in [1.29, 1.82) is 0 Å². The summed E-state index contributed by atoms with van der Waals surface area (Å²) >= 11 is 0. The number of rotatable bonds is 2. The number of hydrogen-bond donors (Lipinski definition) is 0. The molecule has 0 N–H and O–H groups in total. The summed E-state index contributed by atoms with van der Waals surface area (Å²) in [5.74, 6) is 1.34. The topological polar surface area (TPSA) is 35.3 Å². The van der Waals surface area contributed by atoms with Gasteiger partial charge >= 0.3 is 0 Å². The zero-order chi connectivity index (χ0) is 9.56. The predicted octanol–water partition coefficient (Wildman–Crippen LogP) is 2.80. The second-order valence-corrected chi connectivity index (χ2v) is 2.44. The second kappa shape index (κ2) is 5.63. The Bertz CT molecular complexity index is 206. The van der Waals surface area contributed by atoms with Crippen LogP contribution in [0.5, 0.6) is 5.88 Å². The molecule has 1 rings (SSSR count). The van der Waals surface area contributed by atoms with E-state index in [9.17, 15) is 0 Å². The van der Waals surface area contributed by atoms with Crippen LogP contribution in [-0.2, 0) is 0 Å². The van der Waals surface area contributed by atoms with Gasteiger partial charge in [-0.15, -0.1) is 0 Å². The minimum atomic E-state index is 0.157. The van der Waals surface area contributed by atoms with Gasteiger partial charge in [0.2, 0.25) is 0 Å². The van der Waals surface area contributed by atoms with Gasteiger partial charge in [-0.05, 0) is 25.9 Å². The Morgan fingerprint density at radius 1 is 1.42 bits per heavy atom. The lowest BCUT2D eigenvalue weighted by Gasteiger charge is -2.02. The van der Waals surface area contributed by atoms with Crippen molar-refractivity contribution < 1.29 is 9.26 Å². The molecule has 3 heteroatoms. The summed E-state index contributed by atoms with van der Waals surface area (Å²) in [6.45, 7) is 9.73. The van der Waals surface area contributed by atoms with E-state index in [1.807, 2.05) is 34.6 Å². The van der Waals surface area contributed by atoms with E-state index in [0.29, 0.717) is 5.88 Å². The van der Waals surface area contributed by atoms with Gasteiger partial charge in [0.1, 0.15) is 5.76 Å². The summed E-state index contributed by atoms with van der Waals surface area (Å²) in [6, 6.07) is 1.76. The monoisotopic (exact) mass is 171 g/mol. The number of aryl methyl sites for hydroxylation is 1. The normalized spacial score (nSPS) is 9.17. The molecule has 1 aromatic rings. The standard InChI is InChI=1S/C7H11NO2.C2H6/c1-5(2)9-7-4-6(3)10-8-7;1-2/h4-5H,1-3H3;1-2H3. The van der Waals surface area contributed by atoms with Gasteiger partial charge in [0.05, 0.1) is 6.10 Å². The van der Waals surface area contributed by atoms with E-state index in [1.165, 1.54) is 0 Å². The predicted molar refractivity (Wildman–Crippen MR) is 48.4 cm³/mol. The molecule has 0 aliphatic heterocycles. The lowest BCUT2D eigenvalue weighted by atomic mass is 10.5. The highest BCUT2D eigenvalue weighted by molar-refractivity contribution is 5.09. The van der Waals surface area contributed by atoms with Crippen LogP contribution in [0.3, 0.4) is 0 Å². The van der Waals surface area contributed by atoms with Crippen molar-refractivity contribution in [2.45, 2.75) is 40.7 Å². The first-order valence-electron chi connectivity index (χ1n) is 4.28. The first kappa shape index (κ1) is 11.0. The molecule has 0 amide bonds. The molecule has 0 aromatic carbocycles. The molecule has 0 aliphatic rings. The summed E-state index contributed by atoms with van der Waals surface area (Å²) in [4.78, 5) is 0. The molecule has 0 unspecified atom stereocenters. The van der Waals surface area contributed by atoms with Crippen molar-refractivity contribution in [3.63, 3.8) is 0 Å². The molecule has 0 fully saturated rings. The van der Waals surface area contributed by atoms with E-state index in [1.54, 1.807) is 6.07 Å². The van der Waals surface area contributed by atoms with Crippen molar-refractivity contribution in [3.05, 3.63) is 11.8 Å². The highest BCUT2D eigenvalue weighted by atomic mass is 16.5.